The van der Waals surface area contributed by atoms with Crippen molar-refractivity contribution in [1.29, 1.82) is 0 Å². The third kappa shape index (κ3) is 1.42. The van der Waals surface area contributed by atoms with Crippen LogP contribution in [-0.4, -0.2) is 0 Å². The molecule has 90 valence electrons. The first-order chi connectivity index (χ1) is 8.58. The molecule has 3 aromatic carbocycles. The standard InChI is InChI=1S/C16H16N2/c1-9-13-7-12-4-6-16(18)10(2)14(12)8-11(13)3-5-15(9)17/h3-8H,17-18H2,1-2H3. The highest BCUT2D eigenvalue weighted by molar-refractivity contribution is 6.03. The summed E-state index contributed by atoms with van der Waals surface area (Å²) in [7, 11) is 0. The van der Waals surface area contributed by atoms with Crippen LogP contribution in [0.2, 0.25) is 0 Å². The Balaban J connectivity index is 2.51. The summed E-state index contributed by atoms with van der Waals surface area (Å²) in [6.07, 6.45) is 0. The minimum absolute atomic E-state index is 0.842. The third-order valence-corrected chi connectivity index (χ3v) is 3.78. The lowest BCUT2D eigenvalue weighted by Gasteiger charge is -2.10. The van der Waals surface area contributed by atoms with Crippen molar-refractivity contribution in [1.82, 2.24) is 0 Å². The molecule has 0 saturated heterocycles. The van der Waals surface area contributed by atoms with Crippen LogP contribution in [0.3, 0.4) is 0 Å². The second kappa shape index (κ2) is 3.64. The van der Waals surface area contributed by atoms with Crippen LogP contribution in [0.15, 0.2) is 36.4 Å². The number of anilines is 2. The van der Waals surface area contributed by atoms with Crippen LogP contribution in [0, 0.1) is 13.8 Å². The second-order valence-electron chi connectivity index (χ2n) is 4.85. The molecule has 0 amide bonds. The van der Waals surface area contributed by atoms with E-state index in [-0.39, 0.29) is 0 Å². The summed E-state index contributed by atoms with van der Waals surface area (Å²) < 4.78 is 0. The third-order valence-electron chi connectivity index (χ3n) is 3.78. The van der Waals surface area contributed by atoms with E-state index < -0.39 is 0 Å². The number of rotatable bonds is 0. The van der Waals surface area contributed by atoms with Gasteiger partial charge in [-0.15, -0.1) is 0 Å². The molecular formula is C16H16N2. The van der Waals surface area contributed by atoms with E-state index in [1.807, 2.05) is 12.1 Å². The summed E-state index contributed by atoms with van der Waals surface area (Å²) in [6.45, 7) is 4.13. The van der Waals surface area contributed by atoms with Gasteiger partial charge in [0.25, 0.3) is 0 Å². The van der Waals surface area contributed by atoms with E-state index >= 15 is 0 Å². The molecule has 2 heteroatoms. The molecule has 0 radical (unpaired) electrons. The van der Waals surface area contributed by atoms with Crippen molar-refractivity contribution >= 4 is 32.9 Å². The molecule has 0 bridgehead atoms. The highest BCUT2D eigenvalue weighted by Gasteiger charge is 2.06. The fourth-order valence-corrected chi connectivity index (χ4v) is 2.48. The Bertz CT molecular complexity index is 705. The maximum absolute atomic E-state index is 5.96. The van der Waals surface area contributed by atoms with Gasteiger partial charge in [0.05, 0.1) is 0 Å². The lowest BCUT2D eigenvalue weighted by atomic mass is 9.96. The Morgan fingerprint density at radius 2 is 1.06 bits per heavy atom. The van der Waals surface area contributed by atoms with Gasteiger partial charge in [0, 0.05) is 11.4 Å². The molecule has 0 unspecified atom stereocenters. The molecule has 0 fully saturated rings. The van der Waals surface area contributed by atoms with Gasteiger partial charge in [-0.1, -0.05) is 12.1 Å². The van der Waals surface area contributed by atoms with Crippen LogP contribution >= 0.6 is 0 Å². The van der Waals surface area contributed by atoms with Gasteiger partial charge in [-0.25, -0.2) is 0 Å². The highest BCUT2D eigenvalue weighted by Crippen LogP contribution is 2.31. The van der Waals surface area contributed by atoms with Crippen LogP contribution in [0.5, 0.6) is 0 Å². The van der Waals surface area contributed by atoms with Gasteiger partial charge in [-0.3, -0.25) is 0 Å². The molecule has 0 heterocycles. The number of fused-ring (bicyclic) bond motifs is 2. The van der Waals surface area contributed by atoms with Gasteiger partial charge in [-0.2, -0.15) is 0 Å². The van der Waals surface area contributed by atoms with Crippen molar-refractivity contribution in [3.63, 3.8) is 0 Å². The minimum atomic E-state index is 0.842. The molecule has 0 aliphatic rings. The van der Waals surface area contributed by atoms with E-state index in [2.05, 4.69) is 38.1 Å². The SMILES string of the molecule is Cc1c(N)ccc2cc3c(C)c(N)ccc3cc12. The molecule has 0 saturated carbocycles. The van der Waals surface area contributed by atoms with Gasteiger partial charge in [-0.05, 0) is 70.8 Å². The Kier molecular flexibility index (Phi) is 2.20. The number of aryl methyl sites for hydroxylation is 2. The molecule has 3 aromatic rings. The molecule has 0 spiro atoms. The van der Waals surface area contributed by atoms with Crippen molar-refractivity contribution in [2.45, 2.75) is 13.8 Å². The van der Waals surface area contributed by atoms with Crippen molar-refractivity contribution < 1.29 is 0 Å². The number of benzene rings is 3. The second-order valence-corrected chi connectivity index (χ2v) is 4.85. The average molecular weight is 236 g/mol. The smallest absolute Gasteiger partial charge is 0.0350 e. The van der Waals surface area contributed by atoms with Crippen LogP contribution in [0.1, 0.15) is 11.1 Å². The summed E-state index contributed by atoms with van der Waals surface area (Å²) in [5, 5.41) is 4.85. The zero-order chi connectivity index (χ0) is 12.9. The number of nitrogens with two attached hydrogens (primary N) is 2. The minimum Gasteiger partial charge on any atom is -0.398 e. The lowest BCUT2D eigenvalue weighted by molar-refractivity contribution is 1.51. The Morgan fingerprint density at radius 3 is 1.44 bits per heavy atom. The Labute approximate surface area is 106 Å². The van der Waals surface area contributed by atoms with Crippen LogP contribution in [0.25, 0.3) is 21.5 Å². The van der Waals surface area contributed by atoms with E-state index in [1.165, 1.54) is 21.5 Å². The maximum atomic E-state index is 5.96. The first kappa shape index (κ1) is 10.9. The molecule has 0 aliphatic carbocycles. The molecule has 18 heavy (non-hydrogen) atoms. The molecule has 0 aliphatic heterocycles. The van der Waals surface area contributed by atoms with Gasteiger partial charge >= 0.3 is 0 Å². The van der Waals surface area contributed by atoms with Gasteiger partial charge in [0.2, 0.25) is 0 Å². The number of hydrogen-bond donors (Lipinski definition) is 2. The molecule has 3 rings (SSSR count). The fourth-order valence-electron chi connectivity index (χ4n) is 2.48. The summed E-state index contributed by atoms with van der Waals surface area (Å²) in [5.74, 6) is 0. The quantitative estimate of drug-likeness (QED) is 0.461. The maximum Gasteiger partial charge on any atom is 0.0350 e. The van der Waals surface area contributed by atoms with E-state index in [0.717, 1.165) is 22.5 Å². The molecule has 0 atom stereocenters. The Hall–Kier alpha value is -2.22. The van der Waals surface area contributed by atoms with Crippen molar-refractivity contribution in [2.24, 2.45) is 0 Å². The van der Waals surface area contributed by atoms with Crippen molar-refractivity contribution in [3.05, 3.63) is 47.5 Å². The number of nitrogen functional groups attached to an aromatic ring is 2. The normalized spacial score (nSPS) is 11.2. The molecule has 2 nitrogen and oxygen atoms in total. The fraction of sp³-hybridized carbons (Fsp3) is 0.125. The van der Waals surface area contributed by atoms with Crippen LogP contribution < -0.4 is 11.5 Å². The van der Waals surface area contributed by atoms with Crippen LogP contribution in [-0.2, 0) is 0 Å². The first-order valence-electron chi connectivity index (χ1n) is 6.05. The van der Waals surface area contributed by atoms with E-state index in [0.29, 0.717) is 0 Å². The van der Waals surface area contributed by atoms with E-state index in [1.54, 1.807) is 0 Å². The molecular weight excluding hydrogens is 220 g/mol. The molecule has 0 aromatic heterocycles. The summed E-state index contributed by atoms with van der Waals surface area (Å²) in [5.41, 5.74) is 15.9. The van der Waals surface area contributed by atoms with Gasteiger partial charge in [0.1, 0.15) is 0 Å². The van der Waals surface area contributed by atoms with Gasteiger partial charge in [0.15, 0.2) is 0 Å². The topological polar surface area (TPSA) is 52.0 Å². The van der Waals surface area contributed by atoms with E-state index in [9.17, 15) is 0 Å². The van der Waals surface area contributed by atoms with E-state index in [4.69, 9.17) is 11.5 Å². The average Bonchev–Trinajstić information content (AvgIpc) is 2.38. The zero-order valence-electron chi connectivity index (χ0n) is 10.6. The summed E-state index contributed by atoms with van der Waals surface area (Å²) >= 11 is 0. The van der Waals surface area contributed by atoms with Gasteiger partial charge < -0.3 is 11.5 Å². The van der Waals surface area contributed by atoms with Crippen LogP contribution in [0.4, 0.5) is 11.4 Å². The predicted molar refractivity (Wildman–Crippen MR) is 79.8 cm³/mol. The predicted octanol–water partition coefficient (Wildman–Crippen LogP) is 3.77. The van der Waals surface area contributed by atoms with Crippen molar-refractivity contribution in [3.8, 4) is 0 Å². The summed E-state index contributed by atoms with van der Waals surface area (Å²) in [6, 6.07) is 12.5. The zero-order valence-corrected chi connectivity index (χ0v) is 10.6. The monoisotopic (exact) mass is 236 g/mol. The largest absolute Gasteiger partial charge is 0.398 e. The molecule has 4 N–H and O–H groups in total. The summed E-state index contributed by atoms with van der Waals surface area (Å²) in [4.78, 5) is 0. The Morgan fingerprint density at radius 1 is 0.667 bits per heavy atom. The van der Waals surface area contributed by atoms with Crippen molar-refractivity contribution in [2.75, 3.05) is 11.5 Å². The highest BCUT2D eigenvalue weighted by atomic mass is 14.6. The lowest BCUT2D eigenvalue weighted by Crippen LogP contribution is -1.92. The first-order valence-corrected chi connectivity index (χ1v) is 6.05. The number of hydrogen-bond acceptors (Lipinski definition) is 2.